The highest BCUT2D eigenvalue weighted by Gasteiger charge is 2.23. The molecule has 2 N–H and O–H groups in total. The van der Waals surface area contributed by atoms with Gasteiger partial charge in [-0.15, -0.1) is 0 Å². The molecule has 1 aliphatic rings. The smallest absolute Gasteiger partial charge is 0.0459 e. The fraction of sp³-hybridized carbons (Fsp3) is 0.360. The zero-order valence-electron chi connectivity index (χ0n) is 16.7. The van der Waals surface area contributed by atoms with Gasteiger partial charge in [-0.05, 0) is 54.5 Å². The Labute approximate surface area is 166 Å². The van der Waals surface area contributed by atoms with Gasteiger partial charge in [-0.3, -0.25) is 4.90 Å². The Bertz CT molecular complexity index is 1090. The van der Waals surface area contributed by atoms with Crippen molar-refractivity contribution in [3.8, 4) is 0 Å². The van der Waals surface area contributed by atoms with Crippen LogP contribution in [0.1, 0.15) is 36.5 Å². The van der Waals surface area contributed by atoms with Crippen LogP contribution >= 0.6 is 0 Å². The van der Waals surface area contributed by atoms with Gasteiger partial charge in [0.2, 0.25) is 0 Å². The number of hydrogen-bond acceptors (Lipinski definition) is 1. The predicted octanol–water partition coefficient (Wildman–Crippen LogP) is 5.46. The zero-order chi connectivity index (χ0) is 18.9. The van der Waals surface area contributed by atoms with Crippen molar-refractivity contribution in [1.82, 2.24) is 14.9 Å². The van der Waals surface area contributed by atoms with Crippen molar-refractivity contribution in [1.29, 1.82) is 0 Å². The minimum absolute atomic E-state index is 0.629. The first-order chi connectivity index (χ1) is 13.8. The highest BCUT2D eigenvalue weighted by atomic mass is 15.1. The van der Waals surface area contributed by atoms with Crippen molar-refractivity contribution < 1.29 is 0 Å². The molecule has 28 heavy (non-hydrogen) atoms. The second-order valence-electron chi connectivity index (χ2n) is 8.20. The fourth-order valence-corrected chi connectivity index (χ4v) is 5.05. The van der Waals surface area contributed by atoms with Crippen molar-refractivity contribution in [2.75, 3.05) is 13.1 Å². The van der Waals surface area contributed by atoms with Gasteiger partial charge in [0.25, 0.3) is 0 Å². The summed E-state index contributed by atoms with van der Waals surface area (Å²) in [5.74, 6) is 0. The first-order valence-corrected chi connectivity index (χ1v) is 10.7. The molecule has 5 rings (SSSR count). The van der Waals surface area contributed by atoms with E-state index in [1.165, 1.54) is 51.3 Å². The van der Waals surface area contributed by atoms with Crippen molar-refractivity contribution in [2.24, 2.45) is 0 Å². The number of nitrogens with one attached hydrogen (secondary N) is 2. The topological polar surface area (TPSA) is 34.8 Å². The van der Waals surface area contributed by atoms with Crippen LogP contribution in [0.5, 0.6) is 0 Å². The Morgan fingerprint density at radius 3 is 2.75 bits per heavy atom. The Morgan fingerprint density at radius 2 is 1.82 bits per heavy atom. The van der Waals surface area contributed by atoms with E-state index in [9.17, 15) is 0 Å². The molecule has 4 aromatic rings. The molecule has 0 saturated carbocycles. The van der Waals surface area contributed by atoms with Crippen molar-refractivity contribution in [2.45, 2.75) is 45.1 Å². The maximum absolute atomic E-state index is 3.49. The molecule has 0 aliphatic carbocycles. The third-order valence-corrected chi connectivity index (χ3v) is 6.48. The van der Waals surface area contributed by atoms with Crippen LogP contribution < -0.4 is 0 Å². The summed E-state index contributed by atoms with van der Waals surface area (Å²) in [5, 5.41) is 2.86. The predicted molar refractivity (Wildman–Crippen MR) is 118 cm³/mol. The quantitative estimate of drug-likeness (QED) is 0.480. The number of aromatic amines is 2. The molecule has 144 valence electrons. The van der Waals surface area contributed by atoms with E-state index in [2.05, 4.69) is 76.6 Å². The summed E-state index contributed by atoms with van der Waals surface area (Å²) in [5.41, 5.74) is 6.99. The molecule has 0 radical (unpaired) electrons. The number of nitrogens with zero attached hydrogens (tertiary/aromatic N) is 1. The maximum atomic E-state index is 3.49. The number of aromatic nitrogens is 2. The van der Waals surface area contributed by atoms with E-state index in [0.29, 0.717) is 6.04 Å². The van der Waals surface area contributed by atoms with Crippen LogP contribution in [-0.2, 0) is 19.3 Å². The first-order valence-electron chi connectivity index (χ1n) is 10.7. The van der Waals surface area contributed by atoms with Gasteiger partial charge < -0.3 is 9.97 Å². The molecule has 0 fully saturated rings. The minimum Gasteiger partial charge on any atom is -0.361 e. The van der Waals surface area contributed by atoms with Gasteiger partial charge in [0, 0.05) is 53.3 Å². The van der Waals surface area contributed by atoms with Crippen molar-refractivity contribution in [3.63, 3.8) is 0 Å². The molecule has 0 bridgehead atoms. The summed E-state index contributed by atoms with van der Waals surface area (Å²) < 4.78 is 0. The molecule has 3 heteroatoms. The average molecular weight is 372 g/mol. The Hall–Kier alpha value is -2.52. The molecule has 1 unspecified atom stereocenters. The number of H-pyrrole nitrogens is 2. The fourth-order valence-electron chi connectivity index (χ4n) is 5.05. The third kappa shape index (κ3) is 3.14. The van der Waals surface area contributed by atoms with Crippen LogP contribution in [-0.4, -0.2) is 34.0 Å². The highest BCUT2D eigenvalue weighted by Crippen LogP contribution is 2.29. The van der Waals surface area contributed by atoms with Gasteiger partial charge in [-0.2, -0.15) is 0 Å². The molecular formula is C25H29N3. The van der Waals surface area contributed by atoms with E-state index in [1.54, 1.807) is 0 Å². The molecule has 2 aromatic carbocycles. The monoisotopic (exact) mass is 371 g/mol. The van der Waals surface area contributed by atoms with Gasteiger partial charge >= 0.3 is 0 Å². The van der Waals surface area contributed by atoms with Crippen LogP contribution in [0.25, 0.3) is 21.8 Å². The van der Waals surface area contributed by atoms with Gasteiger partial charge in [0.1, 0.15) is 0 Å². The van der Waals surface area contributed by atoms with Crippen molar-refractivity contribution >= 4 is 21.8 Å². The SMILES string of the molecule is CCCC1Cc2cccc3[nH]cc(c23)CCN1CCc1c[nH]c2ccccc12. The van der Waals surface area contributed by atoms with Crippen LogP contribution in [0.4, 0.5) is 0 Å². The largest absolute Gasteiger partial charge is 0.361 e. The van der Waals surface area contributed by atoms with Gasteiger partial charge in [-0.25, -0.2) is 0 Å². The maximum Gasteiger partial charge on any atom is 0.0459 e. The summed E-state index contributed by atoms with van der Waals surface area (Å²) in [6.07, 6.45) is 10.3. The lowest BCUT2D eigenvalue weighted by molar-refractivity contribution is 0.187. The Balaban J connectivity index is 1.40. The van der Waals surface area contributed by atoms with Crippen molar-refractivity contribution in [3.05, 3.63) is 71.5 Å². The summed E-state index contributed by atoms with van der Waals surface area (Å²) in [6, 6.07) is 16.0. The van der Waals surface area contributed by atoms with Gasteiger partial charge in [0.15, 0.2) is 0 Å². The minimum atomic E-state index is 0.629. The average Bonchev–Trinajstić information content (AvgIpc) is 3.31. The lowest BCUT2D eigenvalue weighted by atomic mass is 9.93. The zero-order valence-corrected chi connectivity index (χ0v) is 16.7. The number of para-hydroxylation sites is 1. The first kappa shape index (κ1) is 17.6. The molecule has 3 heterocycles. The van der Waals surface area contributed by atoms with E-state index >= 15 is 0 Å². The van der Waals surface area contributed by atoms with E-state index in [0.717, 1.165) is 32.4 Å². The molecular weight excluding hydrogens is 342 g/mol. The molecule has 0 spiro atoms. The second kappa shape index (κ2) is 7.48. The number of fused-ring (bicyclic) bond motifs is 1. The number of benzene rings is 2. The Morgan fingerprint density at radius 1 is 0.964 bits per heavy atom. The second-order valence-corrected chi connectivity index (χ2v) is 8.20. The van der Waals surface area contributed by atoms with Crippen LogP contribution in [0.15, 0.2) is 54.9 Å². The molecule has 1 aliphatic heterocycles. The summed E-state index contributed by atoms with van der Waals surface area (Å²) in [6.45, 7) is 4.59. The van der Waals surface area contributed by atoms with Crippen LogP contribution in [0, 0.1) is 0 Å². The third-order valence-electron chi connectivity index (χ3n) is 6.48. The summed E-state index contributed by atoms with van der Waals surface area (Å²) >= 11 is 0. The number of hydrogen-bond donors (Lipinski definition) is 2. The van der Waals surface area contributed by atoms with E-state index in [1.807, 2.05) is 0 Å². The molecule has 2 aromatic heterocycles. The lowest BCUT2D eigenvalue weighted by Gasteiger charge is -2.33. The molecule has 1 atom stereocenters. The standard InChI is InChI=1S/C25H29N3/c1-2-6-21-15-18-7-5-10-24-25(18)20(17-27-24)12-14-28(21)13-11-19-16-26-23-9-4-3-8-22(19)23/h3-5,7-10,16-17,21,26-27H,2,6,11-15H2,1H3. The Kier molecular flexibility index (Phi) is 4.69. The lowest BCUT2D eigenvalue weighted by Crippen LogP contribution is -2.40. The van der Waals surface area contributed by atoms with Gasteiger partial charge in [-0.1, -0.05) is 43.7 Å². The van der Waals surface area contributed by atoms with Crippen LogP contribution in [0.2, 0.25) is 0 Å². The highest BCUT2D eigenvalue weighted by molar-refractivity contribution is 5.87. The van der Waals surface area contributed by atoms with Gasteiger partial charge in [0.05, 0.1) is 0 Å². The van der Waals surface area contributed by atoms with E-state index < -0.39 is 0 Å². The number of rotatable bonds is 5. The molecule has 0 saturated heterocycles. The molecule has 0 amide bonds. The summed E-state index contributed by atoms with van der Waals surface area (Å²) in [4.78, 5) is 9.67. The molecule has 3 nitrogen and oxygen atoms in total. The normalized spacial score (nSPS) is 17.8. The van der Waals surface area contributed by atoms with E-state index in [-0.39, 0.29) is 0 Å². The van der Waals surface area contributed by atoms with Crippen LogP contribution in [0.3, 0.4) is 0 Å². The summed E-state index contributed by atoms with van der Waals surface area (Å²) in [7, 11) is 0. The van der Waals surface area contributed by atoms with E-state index in [4.69, 9.17) is 0 Å².